The van der Waals surface area contributed by atoms with Crippen molar-refractivity contribution in [2.45, 2.75) is 30.2 Å². The molecule has 0 saturated carbocycles. The number of likely N-dealkylation sites (tertiary alicyclic amines) is 1. The summed E-state index contributed by atoms with van der Waals surface area (Å²) in [5, 5.41) is 0.233. The Kier molecular flexibility index (Phi) is 3.90. The van der Waals surface area contributed by atoms with Gasteiger partial charge in [-0.1, -0.05) is 11.8 Å². The summed E-state index contributed by atoms with van der Waals surface area (Å²) in [6, 6.07) is 1.50. The number of hydrogen-bond donors (Lipinski definition) is 2. The third-order valence-electron chi connectivity index (χ3n) is 2.79. The third-order valence-corrected chi connectivity index (χ3v) is 3.74. The van der Waals surface area contributed by atoms with Gasteiger partial charge in [0.25, 0.3) is 0 Å². The van der Waals surface area contributed by atoms with Gasteiger partial charge in [0, 0.05) is 19.2 Å². The Morgan fingerprint density at radius 3 is 2.44 bits per heavy atom. The standard InChI is InChI=1S/C11H17N5OS/c1-7(10(17)16-4-2-3-5-16)18-11-14-8(12)6-9(13)15-11/h6-7H,2-5H2,1H3,(H4,12,13,14,15). The molecule has 1 saturated heterocycles. The molecule has 4 N–H and O–H groups in total. The lowest BCUT2D eigenvalue weighted by Gasteiger charge is -2.19. The van der Waals surface area contributed by atoms with E-state index in [9.17, 15) is 4.79 Å². The second-order valence-corrected chi connectivity index (χ2v) is 5.60. The van der Waals surface area contributed by atoms with Crippen molar-refractivity contribution < 1.29 is 4.79 Å². The summed E-state index contributed by atoms with van der Waals surface area (Å²) in [6.45, 7) is 3.56. The third kappa shape index (κ3) is 3.04. The molecule has 2 rings (SSSR count). The summed E-state index contributed by atoms with van der Waals surface area (Å²) < 4.78 is 0. The van der Waals surface area contributed by atoms with Crippen LogP contribution in [0.2, 0.25) is 0 Å². The van der Waals surface area contributed by atoms with Crippen molar-refractivity contribution in [1.29, 1.82) is 0 Å². The van der Waals surface area contributed by atoms with Gasteiger partial charge in [-0.25, -0.2) is 9.97 Å². The predicted octanol–water partition coefficient (Wildman–Crippen LogP) is 0.744. The second kappa shape index (κ2) is 5.43. The lowest BCUT2D eigenvalue weighted by molar-refractivity contribution is -0.129. The van der Waals surface area contributed by atoms with E-state index in [2.05, 4.69) is 9.97 Å². The van der Waals surface area contributed by atoms with Crippen LogP contribution < -0.4 is 11.5 Å². The van der Waals surface area contributed by atoms with E-state index in [1.54, 1.807) is 0 Å². The van der Waals surface area contributed by atoms with E-state index in [-0.39, 0.29) is 11.2 Å². The number of rotatable bonds is 3. The summed E-state index contributed by atoms with van der Waals surface area (Å²) in [5.41, 5.74) is 11.2. The van der Waals surface area contributed by atoms with Gasteiger partial charge in [0.2, 0.25) is 5.91 Å². The first-order chi connectivity index (χ1) is 8.56. The van der Waals surface area contributed by atoms with Crippen LogP contribution in [0.3, 0.4) is 0 Å². The van der Waals surface area contributed by atoms with Gasteiger partial charge in [-0.05, 0) is 19.8 Å². The van der Waals surface area contributed by atoms with Gasteiger partial charge >= 0.3 is 0 Å². The molecule has 0 bridgehead atoms. The molecule has 0 aromatic carbocycles. The smallest absolute Gasteiger partial charge is 0.235 e. The molecule has 0 radical (unpaired) electrons. The lowest BCUT2D eigenvalue weighted by Crippen LogP contribution is -2.34. The fraction of sp³-hybridized carbons (Fsp3) is 0.545. The van der Waals surface area contributed by atoms with Crippen LogP contribution >= 0.6 is 11.8 Å². The molecule has 98 valence electrons. The van der Waals surface area contributed by atoms with E-state index in [0.29, 0.717) is 16.8 Å². The minimum absolute atomic E-state index is 0.127. The Hall–Kier alpha value is -1.50. The van der Waals surface area contributed by atoms with Crippen molar-refractivity contribution in [2.75, 3.05) is 24.6 Å². The summed E-state index contributed by atoms with van der Waals surface area (Å²) in [6.07, 6.45) is 2.18. The SMILES string of the molecule is CC(Sc1nc(N)cc(N)n1)C(=O)N1CCCC1. The monoisotopic (exact) mass is 267 g/mol. The van der Waals surface area contributed by atoms with Crippen molar-refractivity contribution in [1.82, 2.24) is 14.9 Å². The number of nitrogen functional groups attached to an aromatic ring is 2. The van der Waals surface area contributed by atoms with Crippen molar-refractivity contribution in [3.8, 4) is 0 Å². The van der Waals surface area contributed by atoms with E-state index in [4.69, 9.17) is 11.5 Å². The largest absolute Gasteiger partial charge is 0.383 e. The minimum atomic E-state index is -0.218. The first-order valence-corrected chi connectivity index (χ1v) is 6.79. The number of anilines is 2. The summed E-state index contributed by atoms with van der Waals surface area (Å²) in [5.74, 6) is 0.777. The van der Waals surface area contributed by atoms with Gasteiger partial charge in [0.1, 0.15) is 11.6 Å². The Bertz CT molecular complexity index is 427. The number of thioether (sulfide) groups is 1. The average molecular weight is 267 g/mol. The maximum absolute atomic E-state index is 12.1. The maximum atomic E-state index is 12.1. The topological polar surface area (TPSA) is 98.1 Å². The van der Waals surface area contributed by atoms with Crippen molar-refractivity contribution >= 4 is 29.3 Å². The molecule has 1 amide bonds. The van der Waals surface area contributed by atoms with Crippen LogP contribution in [0, 0.1) is 0 Å². The Morgan fingerprint density at radius 1 is 1.33 bits per heavy atom. The van der Waals surface area contributed by atoms with Crippen LogP contribution in [0.1, 0.15) is 19.8 Å². The maximum Gasteiger partial charge on any atom is 0.235 e. The van der Waals surface area contributed by atoms with E-state index in [1.807, 2.05) is 11.8 Å². The molecule has 1 atom stereocenters. The van der Waals surface area contributed by atoms with Gasteiger partial charge in [-0.3, -0.25) is 4.79 Å². The van der Waals surface area contributed by atoms with Crippen molar-refractivity contribution in [2.24, 2.45) is 0 Å². The van der Waals surface area contributed by atoms with Gasteiger partial charge in [0.05, 0.1) is 5.25 Å². The number of carbonyl (C=O) groups is 1. The molecule has 1 fully saturated rings. The molecule has 1 aliphatic heterocycles. The highest BCUT2D eigenvalue weighted by molar-refractivity contribution is 8.00. The zero-order valence-electron chi connectivity index (χ0n) is 10.3. The lowest BCUT2D eigenvalue weighted by atomic mass is 10.4. The van der Waals surface area contributed by atoms with Crippen LogP contribution in [0.25, 0.3) is 0 Å². The zero-order chi connectivity index (χ0) is 13.1. The number of amides is 1. The van der Waals surface area contributed by atoms with Gasteiger partial charge in [-0.15, -0.1) is 0 Å². The first-order valence-electron chi connectivity index (χ1n) is 5.92. The molecule has 0 aliphatic carbocycles. The van der Waals surface area contributed by atoms with Crippen molar-refractivity contribution in [3.63, 3.8) is 0 Å². The zero-order valence-corrected chi connectivity index (χ0v) is 11.1. The van der Waals surface area contributed by atoms with Crippen LogP contribution in [0.15, 0.2) is 11.2 Å². The summed E-state index contributed by atoms with van der Waals surface area (Å²) >= 11 is 1.29. The Morgan fingerprint density at radius 2 is 1.89 bits per heavy atom. The molecule has 6 nitrogen and oxygen atoms in total. The molecule has 0 spiro atoms. The van der Waals surface area contributed by atoms with Gasteiger partial charge < -0.3 is 16.4 Å². The summed E-state index contributed by atoms with van der Waals surface area (Å²) in [4.78, 5) is 22.1. The fourth-order valence-corrected chi connectivity index (χ4v) is 2.80. The predicted molar refractivity (Wildman–Crippen MR) is 72.0 cm³/mol. The minimum Gasteiger partial charge on any atom is -0.383 e. The second-order valence-electron chi connectivity index (χ2n) is 4.29. The van der Waals surface area contributed by atoms with E-state index < -0.39 is 0 Å². The molecule has 1 unspecified atom stereocenters. The highest BCUT2D eigenvalue weighted by Gasteiger charge is 2.24. The van der Waals surface area contributed by atoms with Crippen LogP contribution in [0.4, 0.5) is 11.6 Å². The Labute approximate surface area is 110 Å². The quantitative estimate of drug-likeness (QED) is 0.619. The molecule has 1 aromatic heterocycles. The Balaban J connectivity index is 2.01. The molecular weight excluding hydrogens is 250 g/mol. The number of nitrogens with two attached hydrogens (primary N) is 2. The van der Waals surface area contributed by atoms with Crippen LogP contribution in [0.5, 0.6) is 0 Å². The van der Waals surface area contributed by atoms with Crippen molar-refractivity contribution in [3.05, 3.63) is 6.07 Å². The highest BCUT2D eigenvalue weighted by atomic mass is 32.2. The van der Waals surface area contributed by atoms with Gasteiger partial charge in [-0.2, -0.15) is 0 Å². The fourth-order valence-electron chi connectivity index (χ4n) is 1.92. The average Bonchev–Trinajstić information content (AvgIpc) is 2.79. The van der Waals surface area contributed by atoms with Crippen LogP contribution in [-0.2, 0) is 4.79 Å². The van der Waals surface area contributed by atoms with E-state index in [1.165, 1.54) is 17.8 Å². The number of carbonyl (C=O) groups excluding carboxylic acids is 1. The van der Waals surface area contributed by atoms with Crippen LogP contribution in [-0.4, -0.2) is 39.1 Å². The molecule has 18 heavy (non-hydrogen) atoms. The summed E-state index contributed by atoms with van der Waals surface area (Å²) in [7, 11) is 0. The van der Waals surface area contributed by atoms with Gasteiger partial charge in [0.15, 0.2) is 5.16 Å². The molecule has 1 aliphatic rings. The molecule has 7 heteroatoms. The molecular formula is C11H17N5OS. The normalized spacial score (nSPS) is 16.8. The number of hydrogen-bond acceptors (Lipinski definition) is 6. The van der Waals surface area contributed by atoms with E-state index >= 15 is 0 Å². The first kappa shape index (κ1) is 12.9. The highest BCUT2D eigenvalue weighted by Crippen LogP contribution is 2.24. The molecule has 2 heterocycles. The number of aromatic nitrogens is 2. The molecule has 1 aromatic rings. The number of nitrogens with zero attached hydrogens (tertiary/aromatic N) is 3. The van der Waals surface area contributed by atoms with E-state index in [0.717, 1.165) is 25.9 Å².